The van der Waals surface area contributed by atoms with E-state index in [9.17, 15) is 29.8 Å². The van der Waals surface area contributed by atoms with Crippen LogP contribution in [-0.4, -0.2) is 58.0 Å². The summed E-state index contributed by atoms with van der Waals surface area (Å²) in [6.07, 6.45) is 1.51. The number of amides is 2. The Morgan fingerprint density at radius 3 is 1.48 bits per heavy atom. The van der Waals surface area contributed by atoms with E-state index in [-0.39, 0.29) is 36.9 Å². The van der Waals surface area contributed by atoms with Crippen molar-refractivity contribution in [2.75, 3.05) is 0 Å². The lowest BCUT2D eigenvalue weighted by molar-refractivity contribution is -0.535. The highest BCUT2D eigenvalue weighted by Gasteiger charge is 2.43. The molecule has 0 radical (unpaired) electrons. The van der Waals surface area contributed by atoms with Gasteiger partial charge in [-0.3, -0.25) is 29.8 Å². The number of carbonyl (C=O) groups is 2. The van der Waals surface area contributed by atoms with Crippen molar-refractivity contribution in [3.05, 3.63) is 20.2 Å². The van der Waals surface area contributed by atoms with Gasteiger partial charge in [-0.15, -0.1) is 0 Å². The van der Waals surface area contributed by atoms with Gasteiger partial charge in [0.1, 0.15) is 0 Å². The van der Waals surface area contributed by atoms with E-state index in [2.05, 4.69) is 10.6 Å². The second-order valence-corrected chi connectivity index (χ2v) is 7.33. The Morgan fingerprint density at radius 2 is 1.19 bits per heavy atom. The highest BCUT2D eigenvalue weighted by molar-refractivity contribution is 5.73. The summed E-state index contributed by atoms with van der Waals surface area (Å²) in [4.78, 5) is 44.3. The maximum atomic E-state index is 11.3. The molecule has 2 rings (SSSR count). The SMILES string of the molecule is CC(=O)NC1CCC(OC2CCC(NC(C)=O)C([N+](=O)[O-])C2)CC1[N+](=O)[O-]. The van der Waals surface area contributed by atoms with Gasteiger partial charge in [0.15, 0.2) is 0 Å². The summed E-state index contributed by atoms with van der Waals surface area (Å²) < 4.78 is 5.97. The molecule has 2 aliphatic carbocycles. The fourth-order valence-corrected chi connectivity index (χ4v) is 4.06. The first-order valence-electron chi connectivity index (χ1n) is 9.14. The van der Waals surface area contributed by atoms with Gasteiger partial charge in [0.2, 0.25) is 23.9 Å². The van der Waals surface area contributed by atoms with E-state index in [1.54, 1.807) is 0 Å². The number of rotatable bonds is 6. The number of carbonyl (C=O) groups excluding carboxylic acids is 2. The van der Waals surface area contributed by atoms with Crippen molar-refractivity contribution in [3.8, 4) is 0 Å². The predicted octanol–water partition coefficient (Wildman–Crippen LogP) is 0.408. The van der Waals surface area contributed by atoms with Crippen LogP contribution in [-0.2, 0) is 14.3 Å². The molecule has 2 fully saturated rings. The zero-order valence-corrected chi connectivity index (χ0v) is 15.5. The molecule has 0 aromatic rings. The molecule has 27 heavy (non-hydrogen) atoms. The van der Waals surface area contributed by atoms with Crippen LogP contribution >= 0.6 is 0 Å². The fraction of sp³-hybridized carbons (Fsp3) is 0.875. The Hall–Kier alpha value is -2.30. The first kappa shape index (κ1) is 21.0. The molecule has 0 saturated heterocycles. The van der Waals surface area contributed by atoms with Gasteiger partial charge >= 0.3 is 0 Å². The van der Waals surface area contributed by atoms with Crippen LogP contribution in [0.25, 0.3) is 0 Å². The lowest BCUT2D eigenvalue weighted by Gasteiger charge is -2.36. The largest absolute Gasteiger partial charge is 0.374 e. The lowest BCUT2D eigenvalue weighted by atomic mass is 9.86. The Balaban J connectivity index is 1.95. The molecule has 2 saturated carbocycles. The van der Waals surface area contributed by atoms with Crippen molar-refractivity contribution >= 4 is 11.8 Å². The first-order valence-corrected chi connectivity index (χ1v) is 9.14. The molecular formula is C16H26N4O7. The Morgan fingerprint density at radius 1 is 0.815 bits per heavy atom. The van der Waals surface area contributed by atoms with Crippen LogP contribution < -0.4 is 10.6 Å². The average Bonchev–Trinajstić information content (AvgIpc) is 2.56. The molecular weight excluding hydrogens is 360 g/mol. The summed E-state index contributed by atoms with van der Waals surface area (Å²) >= 11 is 0. The van der Waals surface area contributed by atoms with Crippen LogP contribution in [0.15, 0.2) is 0 Å². The number of nitro groups is 2. The highest BCUT2D eigenvalue weighted by atomic mass is 16.6. The van der Waals surface area contributed by atoms with Gasteiger partial charge in [0, 0.05) is 36.5 Å². The topological polar surface area (TPSA) is 154 Å². The molecule has 11 heteroatoms. The standard InChI is InChI=1S/C16H26N4O7/c1-9(21)17-13-5-3-11(7-15(13)19(23)24)27-12-4-6-14(18-10(2)22)16(8-12)20(25)26/h11-16H,3-8H2,1-2H3,(H,17,21)(H,18,22). The van der Waals surface area contributed by atoms with Crippen molar-refractivity contribution in [2.45, 2.75) is 88.7 Å². The van der Waals surface area contributed by atoms with E-state index in [1.807, 2.05) is 0 Å². The molecule has 0 bridgehead atoms. The van der Waals surface area contributed by atoms with Gasteiger partial charge in [-0.05, 0) is 25.7 Å². The Kier molecular flexibility index (Phi) is 7.05. The molecule has 0 spiro atoms. The number of hydrogen-bond acceptors (Lipinski definition) is 7. The van der Waals surface area contributed by atoms with Crippen molar-refractivity contribution in [2.24, 2.45) is 0 Å². The van der Waals surface area contributed by atoms with Crippen LogP contribution in [0.1, 0.15) is 52.4 Å². The number of hydrogen-bond donors (Lipinski definition) is 2. The van der Waals surface area contributed by atoms with Crippen molar-refractivity contribution < 1.29 is 24.2 Å². The van der Waals surface area contributed by atoms with Crippen LogP contribution in [0.2, 0.25) is 0 Å². The minimum absolute atomic E-state index is 0.159. The van der Waals surface area contributed by atoms with Gasteiger partial charge in [-0.2, -0.15) is 0 Å². The van der Waals surface area contributed by atoms with E-state index in [0.29, 0.717) is 25.7 Å². The molecule has 0 aromatic carbocycles. The molecule has 0 aliphatic heterocycles. The van der Waals surface area contributed by atoms with Crippen LogP contribution in [0.4, 0.5) is 0 Å². The molecule has 152 valence electrons. The maximum Gasteiger partial charge on any atom is 0.235 e. The van der Waals surface area contributed by atoms with Gasteiger partial charge < -0.3 is 15.4 Å². The van der Waals surface area contributed by atoms with Gasteiger partial charge in [-0.25, -0.2) is 0 Å². The number of nitrogens with zero attached hydrogens (tertiary/aromatic N) is 2. The van der Waals surface area contributed by atoms with E-state index in [1.165, 1.54) is 13.8 Å². The zero-order chi connectivity index (χ0) is 20.1. The summed E-state index contributed by atoms with van der Waals surface area (Å²) in [6, 6.07) is -2.93. The lowest BCUT2D eigenvalue weighted by Crippen LogP contribution is -2.53. The second kappa shape index (κ2) is 9.07. The van der Waals surface area contributed by atoms with E-state index in [0.717, 1.165) is 0 Å². The summed E-state index contributed by atoms with van der Waals surface area (Å²) in [6.45, 7) is 2.65. The summed E-state index contributed by atoms with van der Waals surface area (Å²) in [5.74, 6) is -0.618. The molecule has 2 aliphatic rings. The Bertz CT molecular complexity index is 549. The Labute approximate surface area is 156 Å². The van der Waals surface area contributed by atoms with Gasteiger partial charge in [-0.1, -0.05) is 0 Å². The van der Waals surface area contributed by atoms with Crippen LogP contribution in [0.3, 0.4) is 0 Å². The van der Waals surface area contributed by atoms with E-state index < -0.39 is 34.0 Å². The third-order valence-electron chi connectivity index (χ3n) is 5.24. The average molecular weight is 386 g/mol. The van der Waals surface area contributed by atoms with Crippen molar-refractivity contribution in [3.63, 3.8) is 0 Å². The third-order valence-corrected chi connectivity index (χ3v) is 5.24. The maximum absolute atomic E-state index is 11.3. The first-order chi connectivity index (χ1) is 12.7. The summed E-state index contributed by atoms with van der Waals surface area (Å²) in [5.41, 5.74) is 0. The smallest absolute Gasteiger partial charge is 0.235 e. The second-order valence-electron chi connectivity index (χ2n) is 7.33. The molecule has 6 unspecified atom stereocenters. The van der Waals surface area contributed by atoms with Gasteiger partial charge in [0.05, 0.1) is 24.3 Å². The monoisotopic (exact) mass is 386 g/mol. The molecule has 0 heterocycles. The van der Waals surface area contributed by atoms with Crippen LogP contribution in [0, 0.1) is 20.2 Å². The predicted molar refractivity (Wildman–Crippen MR) is 93.1 cm³/mol. The molecule has 0 aromatic heterocycles. The summed E-state index contributed by atoms with van der Waals surface area (Å²) in [5, 5.41) is 27.9. The minimum atomic E-state index is -0.935. The quantitative estimate of drug-likeness (QED) is 0.495. The third kappa shape index (κ3) is 5.84. The molecule has 6 atom stereocenters. The van der Waals surface area contributed by atoms with Gasteiger partial charge in [0.25, 0.3) is 0 Å². The van der Waals surface area contributed by atoms with Crippen LogP contribution in [0.5, 0.6) is 0 Å². The zero-order valence-electron chi connectivity index (χ0n) is 15.5. The molecule has 11 nitrogen and oxygen atoms in total. The highest BCUT2D eigenvalue weighted by Crippen LogP contribution is 2.30. The normalized spacial score (nSPS) is 33.7. The van der Waals surface area contributed by atoms with Crippen molar-refractivity contribution in [1.29, 1.82) is 0 Å². The van der Waals surface area contributed by atoms with Crippen molar-refractivity contribution in [1.82, 2.24) is 10.6 Å². The number of nitrogens with one attached hydrogen (secondary N) is 2. The summed E-state index contributed by atoms with van der Waals surface area (Å²) in [7, 11) is 0. The van der Waals surface area contributed by atoms with E-state index in [4.69, 9.17) is 4.74 Å². The minimum Gasteiger partial charge on any atom is -0.374 e. The molecule has 2 N–H and O–H groups in total. The fourth-order valence-electron chi connectivity index (χ4n) is 4.06. The molecule has 2 amide bonds. The number of ether oxygens (including phenoxy) is 1. The van der Waals surface area contributed by atoms with E-state index >= 15 is 0 Å².